The van der Waals surface area contributed by atoms with E-state index < -0.39 is 0 Å². The van der Waals surface area contributed by atoms with Crippen molar-refractivity contribution in [3.63, 3.8) is 0 Å². The predicted molar refractivity (Wildman–Crippen MR) is 72.5 cm³/mol. The Morgan fingerprint density at radius 3 is 3.05 bits per heavy atom. The first-order valence-corrected chi connectivity index (χ1v) is 5.84. The van der Waals surface area contributed by atoms with Crippen LogP contribution in [0, 0.1) is 0 Å². The molecule has 0 bridgehead atoms. The fraction of sp³-hybridized carbons (Fsp3) is 0.231. The predicted octanol–water partition coefficient (Wildman–Crippen LogP) is 1.26. The monoisotopic (exact) mass is 260 g/mol. The van der Waals surface area contributed by atoms with Crippen LogP contribution in [0.3, 0.4) is 0 Å². The molecule has 2 aromatic rings. The quantitative estimate of drug-likeness (QED) is 0.482. The number of hydrogen-bond donors (Lipinski definition) is 1. The van der Waals surface area contributed by atoms with E-state index in [0.29, 0.717) is 24.7 Å². The molecule has 100 valence electrons. The summed E-state index contributed by atoms with van der Waals surface area (Å²) in [5.74, 6) is 6.48. The summed E-state index contributed by atoms with van der Waals surface area (Å²) < 4.78 is 13.0. The van der Waals surface area contributed by atoms with Crippen molar-refractivity contribution < 1.29 is 9.47 Å². The first-order valence-electron chi connectivity index (χ1n) is 5.84. The fourth-order valence-electron chi connectivity index (χ4n) is 1.70. The smallest absolute Gasteiger partial charge is 0.170 e. The van der Waals surface area contributed by atoms with Gasteiger partial charge in [0.15, 0.2) is 11.5 Å². The van der Waals surface area contributed by atoms with Gasteiger partial charge in [0.2, 0.25) is 0 Å². The minimum Gasteiger partial charge on any atom is -0.493 e. The second-order valence-electron chi connectivity index (χ2n) is 3.81. The van der Waals surface area contributed by atoms with E-state index in [1.807, 2.05) is 29.0 Å². The number of benzene rings is 1. The van der Waals surface area contributed by atoms with Gasteiger partial charge < -0.3 is 19.9 Å². The maximum Gasteiger partial charge on any atom is 0.170 e. The average Bonchev–Trinajstić information content (AvgIpc) is 2.93. The van der Waals surface area contributed by atoms with Crippen molar-refractivity contribution in [2.75, 3.05) is 13.7 Å². The van der Waals surface area contributed by atoms with Crippen molar-refractivity contribution in [3.8, 4) is 11.5 Å². The molecular formula is C13H16N4O2. The Morgan fingerprint density at radius 2 is 2.37 bits per heavy atom. The van der Waals surface area contributed by atoms with Crippen molar-refractivity contribution >= 4 is 6.21 Å². The zero-order valence-electron chi connectivity index (χ0n) is 10.7. The summed E-state index contributed by atoms with van der Waals surface area (Å²) in [7, 11) is 1.60. The van der Waals surface area contributed by atoms with Gasteiger partial charge in [-0.2, -0.15) is 5.10 Å². The summed E-state index contributed by atoms with van der Waals surface area (Å²) in [6, 6.07) is 5.56. The highest BCUT2D eigenvalue weighted by Crippen LogP contribution is 2.29. The second-order valence-corrected chi connectivity index (χ2v) is 3.81. The van der Waals surface area contributed by atoms with E-state index in [4.69, 9.17) is 15.3 Å². The molecule has 0 fully saturated rings. The topological polar surface area (TPSA) is 74.7 Å². The van der Waals surface area contributed by atoms with E-state index in [9.17, 15) is 0 Å². The number of ether oxygens (including phenoxy) is 2. The van der Waals surface area contributed by atoms with E-state index in [2.05, 4.69) is 10.1 Å². The molecule has 0 aliphatic heterocycles. The van der Waals surface area contributed by atoms with E-state index in [1.54, 1.807) is 19.6 Å². The summed E-state index contributed by atoms with van der Waals surface area (Å²) in [5.41, 5.74) is 0.785. The molecule has 0 radical (unpaired) electrons. The third-order valence-electron chi connectivity index (χ3n) is 2.60. The van der Waals surface area contributed by atoms with Gasteiger partial charge in [-0.15, -0.1) is 0 Å². The van der Waals surface area contributed by atoms with Crippen LogP contribution in [0.15, 0.2) is 42.0 Å². The van der Waals surface area contributed by atoms with Gasteiger partial charge in [0.1, 0.15) is 6.61 Å². The van der Waals surface area contributed by atoms with Crippen molar-refractivity contribution in [3.05, 3.63) is 42.5 Å². The molecule has 2 rings (SSSR count). The Hall–Kier alpha value is -2.50. The van der Waals surface area contributed by atoms with Crippen LogP contribution >= 0.6 is 0 Å². The number of para-hydroxylation sites is 1. The molecule has 1 heterocycles. The first-order chi connectivity index (χ1) is 9.35. The number of nitrogens with two attached hydrogens (primary N) is 1. The Morgan fingerprint density at radius 1 is 1.47 bits per heavy atom. The van der Waals surface area contributed by atoms with Gasteiger partial charge >= 0.3 is 0 Å². The lowest BCUT2D eigenvalue weighted by Gasteiger charge is -2.13. The standard InChI is InChI=1S/C13H16N4O2/c1-18-12-4-2-3-11(9-16-14)13(12)19-8-7-17-6-5-15-10-17/h2-6,9-10H,7-8,14H2,1H3. The minimum absolute atomic E-state index is 0.502. The Labute approximate surface area is 111 Å². The summed E-state index contributed by atoms with van der Waals surface area (Å²) in [6.45, 7) is 1.21. The molecule has 0 saturated carbocycles. The maximum atomic E-state index is 5.76. The molecule has 6 heteroatoms. The van der Waals surface area contributed by atoms with Crippen LogP contribution in [0.5, 0.6) is 11.5 Å². The summed E-state index contributed by atoms with van der Waals surface area (Å²) in [4.78, 5) is 3.97. The molecule has 0 aliphatic carbocycles. The van der Waals surface area contributed by atoms with Crippen molar-refractivity contribution in [1.82, 2.24) is 9.55 Å². The lowest BCUT2D eigenvalue weighted by atomic mass is 10.2. The van der Waals surface area contributed by atoms with Gasteiger partial charge in [0.05, 0.1) is 26.2 Å². The Balaban J connectivity index is 2.09. The van der Waals surface area contributed by atoms with Crippen LogP contribution in [-0.4, -0.2) is 29.5 Å². The molecule has 0 amide bonds. The molecule has 0 aliphatic rings. The first kappa shape index (κ1) is 12.9. The van der Waals surface area contributed by atoms with Gasteiger partial charge in [0.25, 0.3) is 0 Å². The van der Waals surface area contributed by atoms with E-state index >= 15 is 0 Å². The number of nitrogens with zero attached hydrogens (tertiary/aromatic N) is 3. The number of methoxy groups -OCH3 is 1. The fourth-order valence-corrected chi connectivity index (χ4v) is 1.70. The highest BCUT2D eigenvalue weighted by molar-refractivity contribution is 5.84. The van der Waals surface area contributed by atoms with Gasteiger partial charge in [-0.3, -0.25) is 0 Å². The molecule has 6 nitrogen and oxygen atoms in total. The lowest BCUT2D eigenvalue weighted by molar-refractivity contribution is 0.279. The third kappa shape index (κ3) is 3.25. The summed E-state index contributed by atoms with van der Waals surface area (Å²) in [6.07, 6.45) is 6.90. The molecule has 19 heavy (non-hydrogen) atoms. The van der Waals surface area contributed by atoms with Crippen LogP contribution in [0.2, 0.25) is 0 Å². The molecule has 1 aromatic carbocycles. The van der Waals surface area contributed by atoms with E-state index in [1.165, 1.54) is 6.21 Å². The molecular weight excluding hydrogens is 244 g/mol. The highest BCUT2D eigenvalue weighted by Gasteiger charge is 2.09. The van der Waals surface area contributed by atoms with E-state index in [-0.39, 0.29) is 0 Å². The van der Waals surface area contributed by atoms with Crippen molar-refractivity contribution in [2.45, 2.75) is 6.54 Å². The van der Waals surface area contributed by atoms with Crippen LogP contribution in [-0.2, 0) is 6.54 Å². The zero-order chi connectivity index (χ0) is 13.5. The van der Waals surface area contributed by atoms with Gasteiger partial charge in [0, 0.05) is 18.0 Å². The number of rotatable bonds is 6. The molecule has 0 saturated heterocycles. The lowest BCUT2D eigenvalue weighted by Crippen LogP contribution is -2.08. The van der Waals surface area contributed by atoms with Crippen LogP contribution < -0.4 is 15.3 Å². The Bertz CT molecular complexity index is 538. The largest absolute Gasteiger partial charge is 0.493 e. The molecule has 1 aromatic heterocycles. The number of aromatic nitrogens is 2. The van der Waals surface area contributed by atoms with Crippen molar-refractivity contribution in [2.24, 2.45) is 10.9 Å². The van der Waals surface area contributed by atoms with Gasteiger partial charge in [-0.25, -0.2) is 4.98 Å². The highest BCUT2D eigenvalue weighted by atomic mass is 16.5. The van der Waals surface area contributed by atoms with Gasteiger partial charge in [-0.05, 0) is 12.1 Å². The molecule has 0 unspecified atom stereocenters. The SMILES string of the molecule is COc1cccc(C=NN)c1OCCn1ccnc1. The average molecular weight is 260 g/mol. The summed E-state index contributed by atoms with van der Waals surface area (Å²) >= 11 is 0. The molecule has 0 atom stereocenters. The molecule has 2 N–H and O–H groups in total. The molecule has 0 spiro atoms. The van der Waals surface area contributed by atoms with Crippen LogP contribution in [0.25, 0.3) is 0 Å². The second kappa shape index (κ2) is 6.44. The van der Waals surface area contributed by atoms with Crippen LogP contribution in [0.1, 0.15) is 5.56 Å². The van der Waals surface area contributed by atoms with Crippen molar-refractivity contribution in [1.29, 1.82) is 0 Å². The number of hydrazone groups is 1. The number of hydrogen-bond acceptors (Lipinski definition) is 5. The van der Waals surface area contributed by atoms with Gasteiger partial charge in [-0.1, -0.05) is 6.07 Å². The normalized spacial score (nSPS) is 10.8. The zero-order valence-corrected chi connectivity index (χ0v) is 10.7. The minimum atomic E-state index is 0.502. The Kier molecular flexibility index (Phi) is 4.39. The maximum absolute atomic E-state index is 5.76. The number of imidazole rings is 1. The van der Waals surface area contributed by atoms with Crippen LogP contribution in [0.4, 0.5) is 0 Å². The summed E-state index contributed by atoms with van der Waals surface area (Å²) in [5, 5.41) is 3.52. The third-order valence-corrected chi connectivity index (χ3v) is 2.60. The van der Waals surface area contributed by atoms with E-state index in [0.717, 1.165) is 5.56 Å².